The number of halogens is 3. The lowest BCUT2D eigenvalue weighted by Gasteiger charge is -2.22. The molecule has 1 aliphatic rings. The van der Waals surface area contributed by atoms with E-state index in [9.17, 15) is 18.4 Å². The van der Waals surface area contributed by atoms with Gasteiger partial charge in [-0.1, -0.05) is 24.9 Å². The summed E-state index contributed by atoms with van der Waals surface area (Å²) < 4.78 is 31.2. The average molecular weight is 593 g/mol. The van der Waals surface area contributed by atoms with Gasteiger partial charge in [0.15, 0.2) is 0 Å². The Balaban J connectivity index is 1.45. The SMILES string of the molecule is C[C@@H]1CCC[C@H](n2cnc(-c3cc(Cl)ccc3-n3cnnn3)cc2=O)c2cc(ccn2)-c2c(cnn2C(F)F)NC1=O. The summed E-state index contributed by atoms with van der Waals surface area (Å²) in [6.07, 6.45) is 7.07. The number of fused-ring (bicyclic) bond motifs is 4. The molecule has 5 heterocycles. The van der Waals surface area contributed by atoms with Crippen molar-refractivity contribution in [3.63, 3.8) is 0 Å². The fraction of sp³-hybridized carbons (Fsp3) is 0.259. The molecule has 0 radical (unpaired) electrons. The molecule has 214 valence electrons. The van der Waals surface area contributed by atoms with Gasteiger partial charge in [-0.2, -0.15) is 18.6 Å². The molecule has 2 atom stereocenters. The van der Waals surface area contributed by atoms with E-state index in [4.69, 9.17) is 11.6 Å². The summed E-state index contributed by atoms with van der Waals surface area (Å²) in [5.74, 6) is -0.719. The molecule has 12 nitrogen and oxygen atoms in total. The number of rotatable bonds is 4. The third-order valence-electron chi connectivity index (χ3n) is 7.20. The van der Waals surface area contributed by atoms with Gasteiger partial charge in [-0.25, -0.2) is 9.67 Å². The molecule has 0 aliphatic carbocycles. The van der Waals surface area contributed by atoms with E-state index in [0.717, 1.165) is 0 Å². The number of nitrogens with one attached hydrogen (secondary N) is 1. The van der Waals surface area contributed by atoms with Crippen LogP contribution in [0.3, 0.4) is 0 Å². The van der Waals surface area contributed by atoms with Crippen molar-refractivity contribution < 1.29 is 13.6 Å². The van der Waals surface area contributed by atoms with Gasteiger partial charge in [0.05, 0.1) is 47.0 Å². The zero-order valence-electron chi connectivity index (χ0n) is 22.1. The largest absolute Gasteiger partial charge is 0.333 e. The normalized spacial score (nSPS) is 17.3. The Bertz CT molecular complexity index is 1820. The van der Waals surface area contributed by atoms with Crippen molar-refractivity contribution in [1.29, 1.82) is 0 Å². The van der Waals surface area contributed by atoms with Crippen LogP contribution in [-0.4, -0.2) is 50.4 Å². The van der Waals surface area contributed by atoms with Crippen molar-refractivity contribution in [1.82, 2.24) is 44.5 Å². The van der Waals surface area contributed by atoms with E-state index in [-0.39, 0.29) is 22.8 Å². The molecule has 0 saturated carbocycles. The second-order valence-electron chi connectivity index (χ2n) is 9.87. The van der Waals surface area contributed by atoms with Gasteiger partial charge in [-0.15, -0.1) is 5.10 Å². The van der Waals surface area contributed by atoms with Crippen LogP contribution in [0.4, 0.5) is 14.5 Å². The molecule has 15 heteroatoms. The van der Waals surface area contributed by atoms with Crippen LogP contribution in [0.5, 0.6) is 0 Å². The first-order chi connectivity index (χ1) is 20.3. The minimum atomic E-state index is -2.94. The highest BCUT2D eigenvalue weighted by Gasteiger charge is 2.26. The molecule has 0 unspecified atom stereocenters. The van der Waals surface area contributed by atoms with Crippen LogP contribution in [0, 0.1) is 5.92 Å². The number of benzene rings is 1. The third kappa shape index (κ3) is 5.16. The second kappa shape index (κ2) is 11.2. The first-order valence-corrected chi connectivity index (χ1v) is 13.4. The molecule has 1 aromatic carbocycles. The van der Waals surface area contributed by atoms with E-state index in [2.05, 4.69) is 35.9 Å². The Morgan fingerprint density at radius 1 is 1.07 bits per heavy atom. The average Bonchev–Trinajstić information content (AvgIpc) is 3.66. The molecule has 0 fully saturated rings. The number of pyridine rings is 1. The summed E-state index contributed by atoms with van der Waals surface area (Å²) >= 11 is 6.26. The fourth-order valence-electron chi connectivity index (χ4n) is 5.08. The van der Waals surface area contributed by atoms with Crippen LogP contribution in [0.2, 0.25) is 5.02 Å². The summed E-state index contributed by atoms with van der Waals surface area (Å²) in [5.41, 5.74) is 2.18. The van der Waals surface area contributed by atoms with Crippen molar-refractivity contribution >= 4 is 23.2 Å². The maximum Gasteiger partial charge on any atom is 0.333 e. The highest BCUT2D eigenvalue weighted by molar-refractivity contribution is 6.31. The van der Waals surface area contributed by atoms with Crippen LogP contribution < -0.4 is 10.9 Å². The van der Waals surface area contributed by atoms with Gasteiger partial charge in [0.1, 0.15) is 6.33 Å². The molecule has 6 rings (SSSR count). The minimum absolute atomic E-state index is 0.0467. The predicted octanol–water partition coefficient (Wildman–Crippen LogP) is 4.54. The Kier molecular flexibility index (Phi) is 7.29. The van der Waals surface area contributed by atoms with Crippen LogP contribution in [0.25, 0.3) is 28.2 Å². The van der Waals surface area contributed by atoms with Crippen LogP contribution in [-0.2, 0) is 4.79 Å². The molecule has 5 aromatic rings. The summed E-state index contributed by atoms with van der Waals surface area (Å²) in [4.78, 5) is 35.6. The lowest BCUT2D eigenvalue weighted by Crippen LogP contribution is -2.27. The molecule has 0 saturated heterocycles. The number of tetrazole rings is 1. The number of carbonyl (C=O) groups excluding carboxylic acids is 1. The number of hydrogen-bond acceptors (Lipinski definition) is 8. The molecular formula is C27H23ClF2N10O2. The number of alkyl halides is 2. The van der Waals surface area contributed by atoms with E-state index >= 15 is 0 Å². The summed E-state index contributed by atoms with van der Waals surface area (Å²) in [5, 5.41) is 18.3. The van der Waals surface area contributed by atoms with Crippen molar-refractivity contribution in [2.45, 2.75) is 38.8 Å². The van der Waals surface area contributed by atoms with Crippen molar-refractivity contribution in [2.24, 2.45) is 5.92 Å². The zero-order chi connectivity index (χ0) is 29.4. The number of anilines is 1. The number of carbonyl (C=O) groups is 1. The Morgan fingerprint density at radius 2 is 1.93 bits per heavy atom. The quantitative estimate of drug-likeness (QED) is 0.321. The van der Waals surface area contributed by atoms with Gasteiger partial charge in [0, 0.05) is 34.3 Å². The lowest BCUT2D eigenvalue weighted by molar-refractivity contribution is -0.119. The van der Waals surface area contributed by atoms with E-state index in [1.807, 2.05) is 0 Å². The molecule has 4 aromatic heterocycles. The number of hydrogen-bond donors (Lipinski definition) is 1. The maximum absolute atomic E-state index is 13.9. The number of amides is 1. The molecule has 1 aliphatic heterocycles. The van der Waals surface area contributed by atoms with Crippen LogP contribution in [0.1, 0.15) is 44.5 Å². The van der Waals surface area contributed by atoms with E-state index < -0.39 is 18.5 Å². The first-order valence-electron chi connectivity index (χ1n) is 13.0. The van der Waals surface area contributed by atoms with Gasteiger partial charge in [0.2, 0.25) is 5.91 Å². The van der Waals surface area contributed by atoms with E-state index in [1.165, 1.54) is 40.4 Å². The summed E-state index contributed by atoms with van der Waals surface area (Å²) in [6, 6.07) is 9.07. The smallest absolute Gasteiger partial charge is 0.323 e. The topological polar surface area (TPSA) is 138 Å². The molecule has 1 amide bonds. The van der Waals surface area contributed by atoms with Gasteiger partial charge in [-0.05, 0) is 53.6 Å². The maximum atomic E-state index is 13.9. The number of nitrogens with zero attached hydrogens (tertiary/aromatic N) is 9. The Labute approximate surface area is 242 Å². The van der Waals surface area contributed by atoms with E-state index in [1.54, 1.807) is 37.3 Å². The van der Waals surface area contributed by atoms with E-state index in [0.29, 0.717) is 57.2 Å². The molecule has 2 bridgehead atoms. The summed E-state index contributed by atoms with van der Waals surface area (Å²) in [6.45, 7) is -1.17. The standard InChI is InChI=1S/C27H23ClF2N10O2/c1-15-3-2-4-23(20-9-16(7-8-31-20)25-21(35-26(15)42)12-34-40(25)27(29)30)38-13-32-19(11-24(38)41)18-10-17(28)5-6-22(18)39-14-33-36-37-39/h5-15,23,27H,2-4H2,1H3,(H,35,42)/t15-,23+/m1/s1. The Morgan fingerprint density at radius 3 is 2.69 bits per heavy atom. The lowest BCUT2D eigenvalue weighted by atomic mass is 9.97. The van der Waals surface area contributed by atoms with Gasteiger partial charge in [-0.3, -0.25) is 19.1 Å². The van der Waals surface area contributed by atoms with Crippen molar-refractivity contribution in [3.05, 3.63) is 82.5 Å². The van der Waals surface area contributed by atoms with Crippen LogP contribution in [0.15, 0.2) is 66.2 Å². The van der Waals surface area contributed by atoms with Crippen molar-refractivity contribution in [2.75, 3.05) is 5.32 Å². The van der Waals surface area contributed by atoms with Gasteiger partial charge < -0.3 is 5.32 Å². The predicted molar refractivity (Wildman–Crippen MR) is 148 cm³/mol. The fourth-order valence-corrected chi connectivity index (χ4v) is 5.25. The second-order valence-corrected chi connectivity index (χ2v) is 10.3. The monoisotopic (exact) mass is 592 g/mol. The summed E-state index contributed by atoms with van der Waals surface area (Å²) in [7, 11) is 0. The Hall–Kier alpha value is -4.85. The molecular weight excluding hydrogens is 570 g/mol. The van der Waals surface area contributed by atoms with Crippen LogP contribution >= 0.6 is 11.6 Å². The van der Waals surface area contributed by atoms with Crippen molar-refractivity contribution in [3.8, 4) is 28.2 Å². The minimum Gasteiger partial charge on any atom is -0.323 e. The van der Waals surface area contributed by atoms with Gasteiger partial charge >= 0.3 is 6.55 Å². The van der Waals surface area contributed by atoms with Gasteiger partial charge in [0.25, 0.3) is 5.56 Å². The molecule has 42 heavy (non-hydrogen) atoms. The number of aromatic nitrogens is 9. The molecule has 1 N–H and O–H groups in total. The zero-order valence-corrected chi connectivity index (χ0v) is 22.9. The molecule has 0 spiro atoms. The highest BCUT2D eigenvalue weighted by atomic mass is 35.5. The highest BCUT2D eigenvalue weighted by Crippen LogP contribution is 2.35. The third-order valence-corrected chi connectivity index (χ3v) is 7.43. The first kappa shape index (κ1) is 27.3.